The summed E-state index contributed by atoms with van der Waals surface area (Å²) in [5, 5.41) is 9.79. The van der Waals surface area contributed by atoms with Crippen LogP contribution in [0.5, 0.6) is 0 Å². The van der Waals surface area contributed by atoms with Crippen molar-refractivity contribution in [3.8, 4) is 0 Å². The van der Waals surface area contributed by atoms with Gasteiger partial charge in [0.2, 0.25) is 0 Å². The molecule has 0 atom stereocenters. The Balaban J connectivity index is 5.60. The van der Waals surface area contributed by atoms with E-state index in [2.05, 4.69) is 53.1 Å². The van der Waals surface area contributed by atoms with Gasteiger partial charge in [0.15, 0.2) is 0 Å². The van der Waals surface area contributed by atoms with Gasteiger partial charge in [0.1, 0.15) is 0 Å². The minimum atomic E-state index is -1.48. The van der Waals surface area contributed by atoms with Crippen molar-refractivity contribution in [3.05, 3.63) is 0 Å². The van der Waals surface area contributed by atoms with E-state index >= 15 is 0 Å². The molecular weight excluding hydrogens is 386 g/mol. The molecule has 0 aliphatic heterocycles. The Hall–Kier alpha value is 1.63. The van der Waals surface area contributed by atoms with Crippen molar-refractivity contribution in [3.63, 3.8) is 0 Å². The van der Waals surface area contributed by atoms with Crippen LogP contribution in [0, 0.1) is 0 Å². The third-order valence-corrected chi connectivity index (χ3v) is 176. The Kier molecular flexibility index (Phi) is 8.13. The summed E-state index contributed by atoms with van der Waals surface area (Å²) in [5.74, 6) is 5.79. The summed E-state index contributed by atoms with van der Waals surface area (Å²) in [6.45, 7) is 15.3. The van der Waals surface area contributed by atoms with Crippen LogP contribution >= 0.6 is 0 Å². The Labute approximate surface area is 116 Å². The average Bonchev–Trinajstić information content (AvgIpc) is 2.34. The third kappa shape index (κ3) is 3.04. The predicted octanol–water partition coefficient (Wildman–Crippen LogP) is 5.87. The summed E-state index contributed by atoms with van der Waals surface area (Å²) in [7, 11) is -1.48. The summed E-state index contributed by atoms with van der Waals surface area (Å²) in [4.78, 5) is 0. The van der Waals surface area contributed by atoms with Gasteiger partial charge in [-0.25, -0.2) is 0 Å². The van der Waals surface area contributed by atoms with Gasteiger partial charge in [0.25, 0.3) is 0 Å². The van der Waals surface area contributed by atoms with Crippen LogP contribution in [-0.2, 0) is 0 Å². The van der Waals surface area contributed by atoms with Crippen molar-refractivity contribution in [2.45, 2.75) is 84.6 Å². The van der Waals surface area contributed by atoms with Gasteiger partial charge in [-0.05, 0) is 0 Å². The predicted molar refractivity (Wildman–Crippen MR) is 91.9 cm³/mol. The maximum atomic E-state index is 2.90. The second-order valence-corrected chi connectivity index (χ2v) is 94.6. The van der Waals surface area contributed by atoms with Crippen LogP contribution in [0.4, 0.5) is 0 Å². The van der Waals surface area contributed by atoms with E-state index in [1.54, 1.807) is 31.5 Å². The zero-order valence-corrected chi connectivity index (χ0v) is 20.0. The summed E-state index contributed by atoms with van der Waals surface area (Å²) >= 11 is -2.90. The fourth-order valence-electron chi connectivity index (χ4n) is 4.71. The normalized spacial score (nSPS) is 14.1. The molecule has 0 aromatic carbocycles. The Morgan fingerprint density at radius 2 is 0.647 bits per heavy atom. The quantitative estimate of drug-likeness (QED) is 0.430. The van der Waals surface area contributed by atoms with Gasteiger partial charge in [-0.3, -0.25) is 0 Å². The topological polar surface area (TPSA) is 0 Å². The summed E-state index contributed by atoms with van der Waals surface area (Å²) < 4.78 is 0. The van der Waals surface area contributed by atoms with Crippen LogP contribution in [0.15, 0.2) is 0 Å². The molecule has 3 heteroatoms. The molecular formula is C14H36Ge3. The second-order valence-electron chi connectivity index (χ2n) is 6.31. The molecule has 0 N–H and O–H groups in total. The van der Waals surface area contributed by atoms with Gasteiger partial charge < -0.3 is 0 Å². The summed E-state index contributed by atoms with van der Waals surface area (Å²) in [6, 6.07) is 0. The van der Waals surface area contributed by atoms with E-state index in [4.69, 9.17) is 0 Å². The molecule has 0 radical (unpaired) electrons. The Morgan fingerprint density at radius 3 is 0.765 bits per heavy atom. The number of hydrogen-bond donors (Lipinski definition) is 0. The Morgan fingerprint density at radius 1 is 0.471 bits per heavy atom. The van der Waals surface area contributed by atoms with Gasteiger partial charge in [0, 0.05) is 0 Å². The van der Waals surface area contributed by atoms with E-state index in [-0.39, 0.29) is 0 Å². The van der Waals surface area contributed by atoms with Gasteiger partial charge in [0.05, 0.1) is 0 Å². The van der Waals surface area contributed by atoms with E-state index in [9.17, 15) is 0 Å². The van der Waals surface area contributed by atoms with Gasteiger partial charge in [-0.15, -0.1) is 0 Å². The van der Waals surface area contributed by atoms with E-state index in [1.807, 2.05) is 0 Å². The molecule has 17 heavy (non-hydrogen) atoms. The zero-order chi connectivity index (χ0) is 13.7. The van der Waals surface area contributed by atoms with E-state index in [0.29, 0.717) is 0 Å². The molecule has 0 saturated heterocycles. The van der Waals surface area contributed by atoms with Crippen molar-refractivity contribution in [2.75, 3.05) is 0 Å². The van der Waals surface area contributed by atoms with Gasteiger partial charge >= 0.3 is 117 Å². The molecule has 0 amide bonds. The van der Waals surface area contributed by atoms with Crippen molar-refractivity contribution in [1.29, 1.82) is 0 Å². The van der Waals surface area contributed by atoms with Crippen molar-refractivity contribution in [1.82, 2.24) is 0 Å². The SMILES string of the molecule is C[CH2][Ge]([CH2]C)([CH2]C)[Ge]([CH3])([CH3])[Ge]([CH2]C)([CH2]C)[CH2]C. The van der Waals surface area contributed by atoms with Crippen LogP contribution in [-0.4, -0.2) is 31.9 Å². The molecule has 0 aliphatic rings. The van der Waals surface area contributed by atoms with Crippen molar-refractivity contribution < 1.29 is 0 Å². The molecule has 0 saturated carbocycles. The fraction of sp³-hybridized carbons (Fsp3) is 1.00. The first-order valence-corrected chi connectivity index (χ1v) is 34.0. The van der Waals surface area contributed by atoms with Crippen LogP contribution in [0.3, 0.4) is 0 Å². The van der Waals surface area contributed by atoms with Crippen molar-refractivity contribution in [2.24, 2.45) is 0 Å². The second kappa shape index (κ2) is 7.42. The molecule has 0 bridgehead atoms. The molecule has 0 aromatic rings. The van der Waals surface area contributed by atoms with Crippen LogP contribution in [0.1, 0.15) is 41.5 Å². The van der Waals surface area contributed by atoms with E-state index in [1.165, 1.54) is 0 Å². The molecule has 0 fully saturated rings. The maximum absolute atomic E-state index is 2.90. The third-order valence-electron chi connectivity index (χ3n) is 6.71. The number of hydrogen-bond acceptors (Lipinski definition) is 0. The van der Waals surface area contributed by atoms with Gasteiger partial charge in [-0.1, -0.05) is 0 Å². The first-order valence-electron chi connectivity index (χ1n) is 7.86. The Bertz CT molecular complexity index is 177. The summed E-state index contributed by atoms with van der Waals surface area (Å²) in [6.07, 6.45) is 0. The number of rotatable bonds is 8. The minimum absolute atomic E-state index is 1.45. The van der Waals surface area contributed by atoms with Crippen LogP contribution in [0.2, 0.25) is 43.0 Å². The molecule has 0 spiro atoms. The monoisotopic (exact) mass is 426 g/mol. The van der Waals surface area contributed by atoms with Crippen molar-refractivity contribution >= 4 is 31.9 Å². The standard InChI is InChI=1S/C14H36Ge3/c1-9-16(10-2,11-3)15(7,8)17(12-4,13-5)14-6/h9-14H2,1-8H3. The molecule has 0 aromatic heterocycles. The molecule has 0 nitrogen and oxygen atoms in total. The average molecular weight is 422 g/mol. The van der Waals surface area contributed by atoms with E-state index < -0.39 is 31.9 Å². The van der Waals surface area contributed by atoms with Crippen LogP contribution in [0.25, 0.3) is 0 Å². The summed E-state index contributed by atoms with van der Waals surface area (Å²) in [5.41, 5.74) is 0. The fourth-order valence-corrected chi connectivity index (χ4v) is 218. The first kappa shape index (κ1) is 18.6. The molecule has 0 heterocycles. The zero-order valence-electron chi connectivity index (χ0n) is 13.7. The molecule has 0 rings (SSSR count). The molecule has 0 unspecified atom stereocenters. The first-order chi connectivity index (χ1) is 7.86. The molecule has 104 valence electrons. The van der Waals surface area contributed by atoms with Gasteiger partial charge in [-0.2, -0.15) is 0 Å². The van der Waals surface area contributed by atoms with E-state index in [0.717, 1.165) is 0 Å². The van der Waals surface area contributed by atoms with Crippen LogP contribution < -0.4 is 0 Å². The molecule has 0 aliphatic carbocycles.